The zero-order chi connectivity index (χ0) is 19.0. The second-order valence-electron chi connectivity index (χ2n) is 7.15. The predicted octanol–water partition coefficient (Wildman–Crippen LogP) is 5.97. The Hall–Kier alpha value is -0.780. The van der Waals surface area contributed by atoms with Gasteiger partial charge in [-0.3, -0.25) is 4.79 Å². The van der Waals surface area contributed by atoms with Crippen LogP contribution in [0.2, 0.25) is 0 Å². The maximum atomic E-state index is 12.9. The van der Waals surface area contributed by atoms with E-state index in [9.17, 15) is 4.79 Å². The molecular formula is C21H34INO2. The largest absolute Gasteiger partial charge is 0.497 e. The number of methoxy groups -OCH3 is 1. The van der Waals surface area contributed by atoms with E-state index in [2.05, 4.69) is 48.7 Å². The Labute approximate surface area is 167 Å². The Morgan fingerprint density at radius 3 is 2.56 bits per heavy atom. The van der Waals surface area contributed by atoms with Crippen LogP contribution in [0, 0.1) is 23.7 Å². The molecule has 2 unspecified atom stereocenters. The summed E-state index contributed by atoms with van der Waals surface area (Å²) in [6.45, 7) is 10.7. The third-order valence-corrected chi connectivity index (χ3v) is 5.68. The van der Waals surface area contributed by atoms with Crippen molar-refractivity contribution in [3.05, 3.63) is 33.3 Å². The Morgan fingerprint density at radius 1 is 1.28 bits per heavy atom. The number of carbonyl (C=O) groups is 1. The van der Waals surface area contributed by atoms with Crippen molar-refractivity contribution in [1.82, 2.24) is 5.32 Å². The fourth-order valence-electron chi connectivity index (χ4n) is 3.64. The van der Waals surface area contributed by atoms with E-state index in [1.807, 2.05) is 32.1 Å². The third-order valence-electron chi connectivity index (χ3n) is 4.99. The number of rotatable bonds is 4. The van der Waals surface area contributed by atoms with Gasteiger partial charge in [0.2, 0.25) is 5.91 Å². The van der Waals surface area contributed by atoms with Gasteiger partial charge in [0.05, 0.1) is 7.11 Å². The van der Waals surface area contributed by atoms with Gasteiger partial charge in [-0.05, 0) is 71.4 Å². The van der Waals surface area contributed by atoms with Gasteiger partial charge in [0.15, 0.2) is 0 Å². The number of carbonyl (C=O) groups excluding carboxylic acids is 1. The quantitative estimate of drug-likeness (QED) is 0.526. The molecule has 0 spiro atoms. The van der Waals surface area contributed by atoms with E-state index in [4.69, 9.17) is 4.74 Å². The van der Waals surface area contributed by atoms with Crippen LogP contribution in [0.5, 0.6) is 0 Å². The van der Waals surface area contributed by atoms with Gasteiger partial charge in [-0.2, -0.15) is 0 Å². The highest BCUT2D eigenvalue weighted by atomic mass is 127. The molecule has 0 heterocycles. The van der Waals surface area contributed by atoms with E-state index in [0.29, 0.717) is 17.8 Å². The molecule has 0 saturated heterocycles. The predicted molar refractivity (Wildman–Crippen MR) is 114 cm³/mol. The minimum absolute atomic E-state index is 0.135. The molecule has 1 amide bonds. The van der Waals surface area contributed by atoms with Crippen molar-refractivity contribution in [3.63, 3.8) is 0 Å². The number of hydrogen-bond donors (Lipinski definition) is 1. The zero-order valence-corrected chi connectivity index (χ0v) is 18.7. The summed E-state index contributed by atoms with van der Waals surface area (Å²) in [5.74, 6) is 2.85. The lowest BCUT2D eigenvalue weighted by Crippen LogP contribution is -2.39. The lowest BCUT2D eigenvalue weighted by molar-refractivity contribution is -0.128. The Balaban J connectivity index is 0.00000151. The van der Waals surface area contributed by atoms with Crippen molar-refractivity contribution in [2.24, 2.45) is 23.7 Å². The van der Waals surface area contributed by atoms with Gasteiger partial charge >= 0.3 is 0 Å². The summed E-state index contributed by atoms with van der Waals surface area (Å²) >= 11 is 2.30. The van der Waals surface area contributed by atoms with Crippen molar-refractivity contribution in [3.8, 4) is 0 Å². The van der Waals surface area contributed by atoms with Crippen LogP contribution in [-0.2, 0) is 9.53 Å². The van der Waals surface area contributed by atoms with Crippen molar-refractivity contribution in [2.45, 2.75) is 60.3 Å². The second-order valence-corrected chi connectivity index (χ2v) is 8.54. The van der Waals surface area contributed by atoms with Crippen LogP contribution in [0.1, 0.15) is 60.3 Å². The van der Waals surface area contributed by atoms with Gasteiger partial charge in [0.1, 0.15) is 5.76 Å². The first-order valence-electron chi connectivity index (χ1n) is 9.52. The molecule has 2 aliphatic rings. The Kier molecular flexibility index (Phi) is 9.83. The molecule has 142 valence electrons. The molecule has 4 heteroatoms. The summed E-state index contributed by atoms with van der Waals surface area (Å²) in [5.41, 5.74) is 0.962. The summed E-state index contributed by atoms with van der Waals surface area (Å²) in [5, 5.41) is 3.19. The maximum Gasteiger partial charge on any atom is 0.227 e. The highest BCUT2D eigenvalue weighted by Gasteiger charge is 2.35. The summed E-state index contributed by atoms with van der Waals surface area (Å²) in [6.07, 6.45) is 10.1. The van der Waals surface area contributed by atoms with Gasteiger partial charge in [0.25, 0.3) is 0 Å². The van der Waals surface area contributed by atoms with Crippen molar-refractivity contribution < 1.29 is 9.53 Å². The molecule has 1 N–H and O–H groups in total. The molecular weight excluding hydrogens is 425 g/mol. The van der Waals surface area contributed by atoms with E-state index in [1.165, 1.54) is 12.8 Å². The van der Waals surface area contributed by atoms with E-state index < -0.39 is 0 Å². The number of nitrogens with one attached hydrogen (secondary N) is 1. The van der Waals surface area contributed by atoms with Crippen LogP contribution < -0.4 is 5.32 Å². The topological polar surface area (TPSA) is 38.3 Å². The molecule has 0 aromatic carbocycles. The minimum Gasteiger partial charge on any atom is -0.497 e. The molecule has 0 aromatic heterocycles. The van der Waals surface area contributed by atoms with Crippen LogP contribution in [-0.4, -0.2) is 13.0 Å². The Bertz CT molecular complexity index is 534. The van der Waals surface area contributed by atoms with Crippen LogP contribution in [0.3, 0.4) is 0 Å². The zero-order valence-electron chi connectivity index (χ0n) is 16.6. The molecule has 3 atom stereocenters. The fraction of sp³-hybridized carbons (Fsp3) is 0.667. The Morgan fingerprint density at radius 2 is 1.96 bits per heavy atom. The van der Waals surface area contributed by atoms with Crippen LogP contribution >= 0.6 is 22.6 Å². The number of amides is 1. The second kappa shape index (κ2) is 11.0. The molecule has 3 nitrogen and oxygen atoms in total. The third kappa shape index (κ3) is 6.80. The maximum absolute atomic E-state index is 12.9. The summed E-state index contributed by atoms with van der Waals surface area (Å²) in [6, 6.07) is 0. The van der Waals surface area contributed by atoms with Crippen LogP contribution in [0.25, 0.3) is 0 Å². The molecule has 1 fully saturated rings. The first-order valence-corrected chi connectivity index (χ1v) is 10.6. The number of allylic oxidation sites excluding steroid dienone is 4. The molecule has 0 radical (unpaired) electrons. The summed E-state index contributed by atoms with van der Waals surface area (Å²) < 4.78 is 6.46. The van der Waals surface area contributed by atoms with Gasteiger partial charge in [-0.25, -0.2) is 0 Å². The average Bonchev–Trinajstić information content (AvgIpc) is 2.77. The number of ether oxygens (including phenoxy) is 1. The van der Waals surface area contributed by atoms with Gasteiger partial charge in [0, 0.05) is 21.6 Å². The van der Waals surface area contributed by atoms with E-state index in [1.54, 1.807) is 7.11 Å². The normalized spacial score (nSPS) is 26.4. The molecule has 2 rings (SSSR count). The van der Waals surface area contributed by atoms with Crippen LogP contribution in [0.15, 0.2) is 33.3 Å². The minimum atomic E-state index is 0.135. The first kappa shape index (κ1) is 22.3. The van der Waals surface area contributed by atoms with Crippen molar-refractivity contribution >= 4 is 28.5 Å². The monoisotopic (exact) mass is 459 g/mol. The fourth-order valence-corrected chi connectivity index (χ4v) is 4.36. The van der Waals surface area contributed by atoms with E-state index >= 15 is 0 Å². The van der Waals surface area contributed by atoms with Gasteiger partial charge < -0.3 is 10.1 Å². The first-order chi connectivity index (χ1) is 11.9. The lowest BCUT2D eigenvalue weighted by Gasteiger charge is -2.36. The molecule has 1 saturated carbocycles. The SMILES string of the molecule is CC.COC1=CC=C(NC(=O)C2CC(C)CC[C@H]2C(C)C)CC(I)=C1. The van der Waals surface area contributed by atoms with Crippen molar-refractivity contribution in [1.29, 1.82) is 0 Å². The summed E-state index contributed by atoms with van der Waals surface area (Å²) in [4.78, 5) is 12.9. The highest BCUT2D eigenvalue weighted by Crippen LogP contribution is 2.38. The lowest BCUT2D eigenvalue weighted by atomic mass is 9.70. The standard InChI is InChI=1S/C19H28INO2.C2H6/c1-12(2)17-8-5-13(3)9-18(17)19(22)21-15-6-7-16(23-4)11-14(20)10-15;1-2/h6-7,11-13,17-18H,5,8-10H2,1-4H3,(H,21,22);1-2H3/t13?,17-,18?;/m0./s1. The van der Waals surface area contributed by atoms with E-state index in [-0.39, 0.29) is 11.8 Å². The molecule has 2 aliphatic carbocycles. The van der Waals surface area contributed by atoms with Crippen molar-refractivity contribution in [2.75, 3.05) is 7.11 Å². The number of hydrogen-bond acceptors (Lipinski definition) is 2. The number of halogens is 1. The molecule has 0 aromatic rings. The highest BCUT2D eigenvalue weighted by molar-refractivity contribution is 14.1. The smallest absolute Gasteiger partial charge is 0.227 e. The average molecular weight is 459 g/mol. The van der Waals surface area contributed by atoms with Crippen LogP contribution in [0.4, 0.5) is 0 Å². The summed E-state index contributed by atoms with van der Waals surface area (Å²) in [7, 11) is 1.67. The molecule has 0 aliphatic heterocycles. The van der Waals surface area contributed by atoms with E-state index in [0.717, 1.165) is 27.9 Å². The van der Waals surface area contributed by atoms with Gasteiger partial charge in [-0.15, -0.1) is 0 Å². The van der Waals surface area contributed by atoms with Gasteiger partial charge in [-0.1, -0.05) is 41.0 Å². The molecule has 25 heavy (non-hydrogen) atoms. The molecule has 0 bridgehead atoms.